The van der Waals surface area contributed by atoms with Crippen molar-refractivity contribution in [1.29, 1.82) is 0 Å². The molecule has 0 saturated heterocycles. The fraction of sp³-hybridized carbons (Fsp3) is 0.316. The molecule has 1 aliphatic rings. The van der Waals surface area contributed by atoms with Gasteiger partial charge in [-0.1, -0.05) is 30.3 Å². The summed E-state index contributed by atoms with van der Waals surface area (Å²) >= 11 is 0. The number of alkyl halides is 3. The number of hydrogen-bond acceptors (Lipinski definition) is 2. The Hall–Kier alpha value is -2.34. The van der Waals surface area contributed by atoms with E-state index in [2.05, 4.69) is 0 Å². The molecule has 3 rings (SSSR count). The predicted molar refractivity (Wildman–Crippen MR) is 89.7 cm³/mol. The highest BCUT2D eigenvalue weighted by Gasteiger charge is 2.30. The van der Waals surface area contributed by atoms with Gasteiger partial charge in [-0.05, 0) is 47.7 Å². The number of nitrogens with zero attached hydrogens (tertiary/aromatic N) is 1. The molecule has 2 N–H and O–H groups in total. The number of rotatable bonds is 2. The fourth-order valence-corrected chi connectivity index (χ4v) is 3.06. The van der Waals surface area contributed by atoms with E-state index in [4.69, 9.17) is 5.73 Å². The van der Waals surface area contributed by atoms with E-state index < -0.39 is 17.8 Å². The van der Waals surface area contributed by atoms with Gasteiger partial charge >= 0.3 is 6.18 Å². The van der Waals surface area contributed by atoms with E-state index in [0.29, 0.717) is 19.5 Å². The number of carbonyl (C=O) groups is 1. The highest BCUT2D eigenvalue weighted by Crippen LogP contribution is 2.32. The molecule has 3 nitrogen and oxygen atoms in total. The highest BCUT2D eigenvalue weighted by atomic mass is 19.4. The summed E-state index contributed by atoms with van der Waals surface area (Å²) in [6.07, 6.45) is -3.62. The van der Waals surface area contributed by atoms with Gasteiger partial charge in [-0.15, -0.1) is 0 Å². The van der Waals surface area contributed by atoms with Crippen LogP contribution in [0.15, 0.2) is 42.5 Å². The van der Waals surface area contributed by atoms with Crippen molar-refractivity contribution < 1.29 is 18.0 Å². The number of amides is 1. The Kier molecular flexibility index (Phi) is 4.56. The maximum absolute atomic E-state index is 12.7. The molecule has 0 bridgehead atoms. The quantitative estimate of drug-likeness (QED) is 0.901. The average Bonchev–Trinajstić information content (AvgIpc) is 2.59. The van der Waals surface area contributed by atoms with Crippen molar-refractivity contribution in [1.82, 2.24) is 4.90 Å². The van der Waals surface area contributed by atoms with E-state index in [9.17, 15) is 18.0 Å². The van der Waals surface area contributed by atoms with Gasteiger partial charge in [0.15, 0.2) is 0 Å². The van der Waals surface area contributed by atoms with Crippen molar-refractivity contribution in [3.05, 3.63) is 59.2 Å². The molecule has 0 aromatic heterocycles. The van der Waals surface area contributed by atoms with Gasteiger partial charge in [-0.2, -0.15) is 13.2 Å². The summed E-state index contributed by atoms with van der Waals surface area (Å²) in [7, 11) is 0. The van der Waals surface area contributed by atoms with Gasteiger partial charge in [0, 0.05) is 13.1 Å². The van der Waals surface area contributed by atoms with Crippen LogP contribution in [0, 0.1) is 0 Å². The summed E-state index contributed by atoms with van der Waals surface area (Å²) in [6, 6.07) is 10.4. The van der Waals surface area contributed by atoms with Crippen LogP contribution in [-0.2, 0) is 23.9 Å². The summed E-state index contributed by atoms with van der Waals surface area (Å²) in [6.45, 7) is 2.79. The SMILES string of the molecule is C[C@@H](N)C(=O)N1CCc2cc(-c3ccc(C(F)(F)F)cc3)ccc2C1. The van der Waals surface area contributed by atoms with Gasteiger partial charge in [0.2, 0.25) is 5.91 Å². The molecule has 2 aromatic carbocycles. The first-order valence-electron chi connectivity index (χ1n) is 8.09. The number of nitrogens with two attached hydrogens (primary N) is 1. The van der Waals surface area contributed by atoms with Crippen LogP contribution in [0.5, 0.6) is 0 Å². The van der Waals surface area contributed by atoms with Crippen molar-refractivity contribution >= 4 is 5.91 Å². The van der Waals surface area contributed by atoms with Gasteiger partial charge in [0.25, 0.3) is 0 Å². The van der Waals surface area contributed by atoms with E-state index in [1.165, 1.54) is 12.1 Å². The van der Waals surface area contributed by atoms with E-state index in [0.717, 1.165) is 34.4 Å². The van der Waals surface area contributed by atoms with Gasteiger partial charge < -0.3 is 10.6 Å². The summed E-state index contributed by atoms with van der Waals surface area (Å²) in [4.78, 5) is 13.8. The second kappa shape index (κ2) is 6.52. The summed E-state index contributed by atoms with van der Waals surface area (Å²) in [5.41, 5.74) is 8.79. The normalized spacial score (nSPS) is 15.6. The average molecular weight is 348 g/mol. The number of fused-ring (bicyclic) bond motifs is 1. The molecular formula is C19H19F3N2O. The van der Waals surface area contributed by atoms with E-state index in [1.54, 1.807) is 11.8 Å². The third kappa shape index (κ3) is 3.69. The van der Waals surface area contributed by atoms with Gasteiger partial charge in [0.05, 0.1) is 11.6 Å². The minimum atomic E-state index is -4.33. The van der Waals surface area contributed by atoms with Crippen LogP contribution in [0.25, 0.3) is 11.1 Å². The number of benzene rings is 2. The van der Waals surface area contributed by atoms with Gasteiger partial charge in [-0.25, -0.2) is 0 Å². The Labute approximate surface area is 144 Å². The third-order valence-corrected chi connectivity index (χ3v) is 4.47. The Morgan fingerprint density at radius 2 is 1.72 bits per heavy atom. The van der Waals surface area contributed by atoms with Crippen molar-refractivity contribution in [3.8, 4) is 11.1 Å². The fourth-order valence-electron chi connectivity index (χ4n) is 3.06. The first kappa shape index (κ1) is 17.5. The molecule has 0 radical (unpaired) electrons. The topological polar surface area (TPSA) is 46.3 Å². The molecule has 2 aromatic rings. The van der Waals surface area contributed by atoms with Crippen molar-refractivity contribution in [2.75, 3.05) is 6.54 Å². The molecule has 0 aliphatic carbocycles. The predicted octanol–water partition coefficient (Wildman–Crippen LogP) is 3.60. The van der Waals surface area contributed by atoms with Crippen LogP contribution in [0.4, 0.5) is 13.2 Å². The summed E-state index contributed by atoms with van der Waals surface area (Å²) in [5.74, 6) is -0.0718. The van der Waals surface area contributed by atoms with Crippen LogP contribution >= 0.6 is 0 Å². The van der Waals surface area contributed by atoms with E-state index in [-0.39, 0.29) is 5.91 Å². The minimum Gasteiger partial charge on any atom is -0.337 e. The zero-order valence-electron chi connectivity index (χ0n) is 13.8. The number of carbonyl (C=O) groups excluding carboxylic acids is 1. The monoisotopic (exact) mass is 348 g/mol. The Bertz CT molecular complexity index is 782. The molecule has 0 unspecified atom stereocenters. The second-order valence-electron chi connectivity index (χ2n) is 6.36. The smallest absolute Gasteiger partial charge is 0.337 e. The number of halogens is 3. The lowest BCUT2D eigenvalue weighted by Gasteiger charge is -2.30. The van der Waals surface area contributed by atoms with Gasteiger partial charge in [0.1, 0.15) is 0 Å². The Morgan fingerprint density at radius 1 is 1.08 bits per heavy atom. The third-order valence-electron chi connectivity index (χ3n) is 4.47. The van der Waals surface area contributed by atoms with Crippen LogP contribution in [0.3, 0.4) is 0 Å². The summed E-state index contributed by atoms with van der Waals surface area (Å²) < 4.78 is 38.0. The largest absolute Gasteiger partial charge is 0.416 e. The lowest BCUT2D eigenvalue weighted by atomic mass is 9.94. The van der Waals surface area contributed by atoms with Crippen LogP contribution in [0.1, 0.15) is 23.6 Å². The maximum atomic E-state index is 12.7. The molecule has 0 spiro atoms. The molecule has 1 aliphatic heterocycles. The Morgan fingerprint density at radius 3 is 2.32 bits per heavy atom. The second-order valence-corrected chi connectivity index (χ2v) is 6.36. The lowest BCUT2D eigenvalue weighted by Crippen LogP contribution is -2.44. The highest BCUT2D eigenvalue weighted by molar-refractivity contribution is 5.81. The molecule has 1 heterocycles. The van der Waals surface area contributed by atoms with Crippen molar-refractivity contribution in [2.24, 2.45) is 5.73 Å². The first-order chi connectivity index (χ1) is 11.8. The minimum absolute atomic E-state index is 0.0718. The van der Waals surface area contributed by atoms with Gasteiger partial charge in [-0.3, -0.25) is 4.79 Å². The molecule has 0 fully saturated rings. The number of hydrogen-bond donors (Lipinski definition) is 1. The first-order valence-corrected chi connectivity index (χ1v) is 8.09. The molecule has 132 valence electrons. The molecule has 1 atom stereocenters. The van der Waals surface area contributed by atoms with E-state index in [1.807, 2.05) is 18.2 Å². The molecule has 0 saturated carbocycles. The maximum Gasteiger partial charge on any atom is 0.416 e. The molecular weight excluding hydrogens is 329 g/mol. The van der Waals surface area contributed by atoms with Crippen LogP contribution in [0.2, 0.25) is 0 Å². The van der Waals surface area contributed by atoms with E-state index >= 15 is 0 Å². The van der Waals surface area contributed by atoms with Crippen molar-refractivity contribution in [3.63, 3.8) is 0 Å². The standard InChI is InChI=1S/C19H19F3N2O/c1-12(23)18(25)24-9-8-15-10-14(2-3-16(15)11-24)13-4-6-17(7-5-13)19(20,21)22/h2-7,10,12H,8-9,11,23H2,1H3/t12-/m1/s1. The lowest BCUT2D eigenvalue weighted by molar-refractivity contribution is -0.137. The van der Waals surface area contributed by atoms with Crippen molar-refractivity contribution in [2.45, 2.75) is 32.1 Å². The zero-order chi connectivity index (χ0) is 18.2. The van der Waals surface area contributed by atoms with Crippen LogP contribution < -0.4 is 5.73 Å². The molecule has 25 heavy (non-hydrogen) atoms. The Balaban J connectivity index is 1.82. The van der Waals surface area contributed by atoms with Crippen LogP contribution in [-0.4, -0.2) is 23.4 Å². The zero-order valence-corrected chi connectivity index (χ0v) is 13.8. The summed E-state index contributed by atoms with van der Waals surface area (Å²) in [5, 5.41) is 0. The molecule has 6 heteroatoms. The molecule has 1 amide bonds.